The van der Waals surface area contributed by atoms with Crippen molar-refractivity contribution in [3.8, 4) is 0 Å². The van der Waals surface area contributed by atoms with Gasteiger partial charge in [0.05, 0.1) is 4.90 Å². The van der Waals surface area contributed by atoms with Crippen molar-refractivity contribution in [2.24, 2.45) is 5.14 Å². The number of hydrogen-bond acceptors (Lipinski definition) is 3. The van der Waals surface area contributed by atoms with Crippen LogP contribution in [0.1, 0.15) is 18.1 Å². The molecule has 4 nitrogen and oxygen atoms in total. The van der Waals surface area contributed by atoms with Crippen LogP contribution < -0.4 is 10.0 Å². The average Bonchev–Trinajstić information content (AvgIpc) is 2.76. The molecule has 0 radical (unpaired) electrons. The standard InChI is InChI=1S/C16H16ClFN2O2S/c1-10-6-12-7-14(23(19,21)22)4-5-16(12)20(10)9-11-2-3-13(18)8-15(11)17/h2-5,7-8,10H,6,9H2,1H3,(H2,19,21,22). The Morgan fingerprint density at radius 1 is 1.30 bits per heavy atom. The lowest BCUT2D eigenvalue weighted by atomic mass is 10.1. The summed E-state index contributed by atoms with van der Waals surface area (Å²) in [6.07, 6.45) is 0.720. The van der Waals surface area contributed by atoms with Gasteiger partial charge in [-0.2, -0.15) is 0 Å². The number of primary sulfonamides is 1. The Balaban J connectivity index is 1.94. The van der Waals surface area contributed by atoms with Crippen molar-refractivity contribution in [3.05, 3.63) is 58.4 Å². The molecule has 0 fully saturated rings. The van der Waals surface area contributed by atoms with Gasteiger partial charge in [0.15, 0.2) is 0 Å². The lowest BCUT2D eigenvalue weighted by Crippen LogP contribution is -2.28. The number of halogens is 2. The second kappa shape index (κ2) is 5.78. The number of hydrogen-bond donors (Lipinski definition) is 1. The number of nitrogens with two attached hydrogens (primary N) is 1. The summed E-state index contributed by atoms with van der Waals surface area (Å²) in [6.45, 7) is 2.58. The van der Waals surface area contributed by atoms with Crippen LogP contribution in [0.5, 0.6) is 0 Å². The van der Waals surface area contributed by atoms with Gasteiger partial charge in [-0.25, -0.2) is 17.9 Å². The van der Waals surface area contributed by atoms with E-state index in [1.54, 1.807) is 18.2 Å². The minimum atomic E-state index is -3.71. The van der Waals surface area contributed by atoms with E-state index in [1.807, 2.05) is 6.92 Å². The fourth-order valence-corrected chi connectivity index (χ4v) is 3.71. The molecule has 1 aliphatic rings. The first-order valence-electron chi connectivity index (χ1n) is 7.12. The largest absolute Gasteiger partial charge is 0.364 e. The predicted molar refractivity (Wildman–Crippen MR) is 88.6 cm³/mol. The predicted octanol–water partition coefficient (Wildman–Crippen LogP) is 3.08. The molecule has 0 bridgehead atoms. The van der Waals surface area contributed by atoms with Gasteiger partial charge in [-0.15, -0.1) is 0 Å². The number of sulfonamides is 1. The Morgan fingerprint density at radius 2 is 2.04 bits per heavy atom. The van der Waals surface area contributed by atoms with Crippen molar-refractivity contribution in [2.45, 2.75) is 30.8 Å². The van der Waals surface area contributed by atoms with Crippen LogP contribution in [-0.4, -0.2) is 14.5 Å². The van der Waals surface area contributed by atoms with Gasteiger partial charge in [0.25, 0.3) is 0 Å². The minimum Gasteiger partial charge on any atom is -0.364 e. The maximum absolute atomic E-state index is 13.2. The quantitative estimate of drug-likeness (QED) is 0.921. The molecule has 0 aromatic heterocycles. The number of benzene rings is 2. The summed E-state index contributed by atoms with van der Waals surface area (Å²) in [5.41, 5.74) is 2.70. The van der Waals surface area contributed by atoms with Gasteiger partial charge in [0.2, 0.25) is 10.0 Å². The van der Waals surface area contributed by atoms with Crippen molar-refractivity contribution >= 4 is 27.3 Å². The van der Waals surface area contributed by atoms with Gasteiger partial charge in [0, 0.05) is 23.3 Å². The van der Waals surface area contributed by atoms with Crippen LogP contribution in [0.25, 0.3) is 0 Å². The van der Waals surface area contributed by atoms with Crippen LogP contribution >= 0.6 is 11.6 Å². The Hall–Kier alpha value is -1.63. The zero-order valence-electron chi connectivity index (χ0n) is 12.5. The van der Waals surface area contributed by atoms with E-state index in [0.717, 1.165) is 23.2 Å². The average molecular weight is 355 g/mol. The Kier molecular flexibility index (Phi) is 4.08. The first-order chi connectivity index (χ1) is 10.8. The molecule has 122 valence electrons. The Labute approximate surface area is 139 Å². The summed E-state index contributed by atoms with van der Waals surface area (Å²) < 4.78 is 36.1. The van der Waals surface area contributed by atoms with Crippen LogP contribution in [0.2, 0.25) is 5.02 Å². The highest BCUT2D eigenvalue weighted by atomic mass is 35.5. The van der Waals surface area contributed by atoms with E-state index in [1.165, 1.54) is 18.2 Å². The molecular formula is C16H16ClFN2O2S. The summed E-state index contributed by atoms with van der Waals surface area (Å²) in [5.74, 6) is -0.369. The molecule has 0 saturated carbocycles. The number of nitrogens with zero attached hydrogens (tertiary/aromatic N) is 1. The monoisotopic (exact) mass is 354 g/mol. The molecule has 0 aliphatic carbocycles. The van der Waals surface area contributed by atoms with E-state index in [-0.39, 0.29) is 16.8 Å². The van der Waals surface area contributed by atoms with E-state index in [0.29, 0.717) is 11.6 Å². The highest BCUT2D eigenvalue weighted by Gasteiger charge is 2.27. The SMILES string of the molecule is CC1Cc2cc(S(N)(=O)=O)ccc2N1Cc1ccc(F)cc1Cl. The van der Waals surface area contributed by atoms with E-state index < -0.39 is 10.0 Å². The summed E-state index contributed by atoms with van der Waals surface area (Å²) in [4.78, 5) is 2.24. The summed E-state index contributed by atoms with van der Waals surface area (Å²) in [6, 6.07) is 9.41. The molecule has 1 heterocycles. The molecule has 2 aromatic carbocycles. The number of rotatable bonds is 3. The smallest absolute Gasteiger partial charge is 0.238 e. The fraction of sp³-hybridized carbons (Fsp3) is 0.250. The second-order valence-corrected chi connectivity index (χ2v) is 7.72. The first kappa shape index (κ1) is 16.2. The molecule has 1 atom stereocenters. The van der Waals surface area contributed by atoms with E-state index in [2.05, 4.69) is 4.90 Å². The number of anilines is 1. The van der Waals surface area contributed by atoms with E-state index in [4.69, 9.17) is 16.7 Å². The van der Waals surface area contributed by atoms with Crippen LogP contribution in [0.15, 0.2) is 41.3 Å². The lowest BCUT2D eigenvalue weighted by Gasteiger charge is -2.25. The van der Waals surface area contributed by atoms with Crippen molar-refractivity contribution in [1.82, 2.24) is 0 Å². The highest BCUT2D eigenvalue weighted by molar-refractivity contribution is 7.89. The normalized spacial score (nSPS) is 17.4. The van der Waals surface area contributed by atoms with Crippen molar-refractivity contribution < 1.29 is 12.8 Å². The first-order valence-corrected chi connectivity index (χ1v) is 9.04. The Bertz CT molecular complexity index is 870. The zero-order valence-corrected chi connectivity index (χ0v) is 14.0. The third kappa shape index (κ3) is 3.20. The lowest BCUT2D eigenvalue weighted by molar-refractivity contribution is 0.597. The molecule has 7 heteroatoms. The summed E-state index contributed by atoms with van der Waals surface area (Å²) in [5, 5.41) is 5.56. The third-order valence-electron chi connectivity index (χ3n) is 4.09. The molecule has 23 heavy (non-hydrogen) atoms. The van der Waals surface area contributed by atoms with Crippen molar-refractivity contribution in [2.75, 3.05) is 4.90 Å². The van der Waals surface area contributed by atoms with Gasteiger partial charge in [-0.3, -0.25) is 0 Å². The fourth-order valence-electron chi connectivity index (χ4n) is 2.92. The Morgan fingerprint density at radius 3 is 2.70 bits per heavy atom. The summed E-state index contributed by atoms with van der Waals surface area (Å²) in [7, 11) is -3.71. The minimum absolute atomic E-state index is 0.116. The molecule has 3 rings (SSSR count). The third-order valence-corrected chi connectivity index (χ3v) is 5.35. The molecule has 1 aliphatic heterocycles. The van der Waals surface area contributed by atoms with E-state index >= 15 is 0 Å². The highest BCUT2D eigenvalue weighted by Crippen LogP contribution is 2.35. The maximum atomic E-state index is 13.2. The van der Waals surface area contributed by atoms with E-state index in [9.17, 15) is 12.8 Å². The molecule has 2 aromatic rings. The number of fused-ring (bicyclic) bond motifs is 1. The molecular weight excluding hydrogens is 339 g/mol. The molecule has 1 unspecified atom stereocenters. The summed E-state index contributed by atoms with van der Waals surface area (Å²) >= 11 is 6.11. The van der Waals surface area contributed by atoms with Gasteiger partial charge >= 0.3 is 0 Å². The van der Waals surface area contributed by atoms with Gasteiger partial charge < -0.3 is 4.90 Å². The molecule has 0 amide bonds. The van der Waals surface area contributed by atoms with Crippen molar-refractivity contribution in [3.63, 3.8) is 0 Å². The molecule has 0 saturated heterocycles. The van der Waals surface area contributed by atoms with Crippen LogP contribution in [-0.2, 0) is 23.0 Å². The molecule has 0 spiro atoms. The van der Waals surface area contributed by atoms with Gasteiger partial charge in [0.1, 0.15) is 5.82 Å². The van der Waals surface area contributed by atoms with Crippen molar-refractivity contribution in [1.29, 1.82) is 0 Å². The maximum Gasteiger partial charge on any atom is 0.238 e. The van der Waals surface area contributed by atoms with Crippen LogP contribution in [0, 0.1) is 5.82 Å². The van der Waals surface area contributed by atoms with Gasteiger partial charge in [-0.1, -0.05) is 17.7 Å². The van der Waals surface area contributed by atoms with Crippen LogP contribution in [0.3, 0.4) is 0 Å². The van der Waals surface area contributed by atoms with Gasteiger partial charge in [-0.05, 0) is 54.8 Å². The second-order valence-electron chi connectivity index (χ2n) is 5.75. The van der Waals surface area contributed by atoms with Crippen LogP contribution in [0.4, 0.5) is 10.1 Å². The molecule has 2 N–H and O–H groups in total. The topological polar surface area (TPSA) is 63.4 Å². The zero-order chi connectivity index (χ0) is 16.8.